The van der Waals surface area contributed by atoms with Gasteiger partial charge in [0.1, 0.15) is 11.3 Å². The van der Waals surface area contributed by atoms with Crippen LogP contribution in [0.3, 0.4) is 0 Å². The van der Waals surface area contributed by atoms with E-state index in [-0.39, 0.29) is 29.1 Å². The molecule has 0 saturated carbocycles. The predicted molar refractivity (Wildman–Crippen MR) is 147 cm³/mol. The van der Waals surface area contributed by atoms with Gasteiger partial charge in [-0.05, 0) is 69.5 Å². The second-order valence-electron chi connectivity index (χ2n) is 9.91. The number of hydrogen-bond donors (Lipinski definition) is 0. The highest BCUT2D eigenvalue weighted by atomic mass is 32.2. The van der Waals surface area contributed by atoms with E-state index in [2.05, 4.69) is 0 Å². The summed E-state index contributed by atoms with van der Waals surface area (Å²) < 4.78 is 46.0. The Labute approximate surface area is 227 Å². The van der Waals surface area contributed by atoms with Crippen molar-refractivity contribution in [3.05, 3.63) is 47.5 Å². The van der Waals surface area contributed by atoms with Gasteiger partial charge in [0.15, 0.2) is 5.13 Å². The average molecular weight is 560 g/mol. The number of thiazole rings is 1. The SMILES string of the molecule is COc1ccc(C)c2sc(N(CC3CCCO3)C(=O)c3ccc(S(=O)(=O)N4CC(C)OC(C)C4)cc3)nc12. The quantitative estimate of drug-likeness (QED) is 0.427. The minimum absolute atomic E-state index is 0.0843. The molecule has 0 N–H and O–H groups in total. The molecule has 11 heteroatoms. The van der Waals surface area contributed by atoms with Crippen molar-refractivity contribution >= 4 is 42.6 Å². The monoisotopic (exact) mass is 559 g/mol. The number of fused-ring (bicyclic) bond motifs is 1. The van der Waals surface area contributed by atoms with Gasteiger partial charge in [0.05, 0.1) is 41.6 Å². The summed E-state index contributed by atoms with van der Waals surface area (Å²) in [7, 11) is -2.10. The molecule has 2 aliphatic heterocycles. The Hall–Kier alpha value is -2.57. The highest BCUT2D eigenvalue weighted by molar-refractivity contribution is 7.89. The maximum absolute atomic E-state index is 13.8. The number of anilines is 1. The Balaban J connectivity index is 1.45. The van der Waals surface area contributed by atoms with Crippen LogP contribution in [0.4, 0.5) is 5.13 Å². The van der Waals surface area contributed by atoms with E-state index in [1.54, 1.807) is 24.1 Å². The lowest BCUT2D eigenvalue weighted by molar-refractivity contribution is -0.0440. The van der Waals surface area contributed by atoms with Crippen molar-refractivity contribution in [3.63, 3.8) is 0 Å². The lowest BCUT2D eigenvalue weighted by atomic mass is 10.2. The fraction of sp³-hybridized carbons (Fsp3) is 0.481. The summed E-state index contributed by atoms with van der Waals surface area (Å²) in [6, 6.07) is 10.0. The molecular formula is C27H33N3O6S2. The fourth-order valence-corrected chi connectivity index (χ4v) is 7.67. The number of amides is 1. The maximum atomic E-state index is 13.8. The van der Waals surface area contributed by atoms with Crippen molar-refractivity contribution < 1.29 is 27.4 Å². The van der Waals surface area contributed by atoms with E-state index in [4.69, 9.17) is 19.2 Å². The standard InChI is InChI=1S/C27H33N3O6S2/c1-17-7-12-23(34-4)24-25(17)37-27(28-24)30(16-21-6-5-13-35-21)26(31)20-8-10-22(11-9-20)38(32,33)29-14-18(2)36-19(3)15-29/h7-12,18-19,21H,5-6,13-16H2,1-4H3. The van der Waals surface area contributed by atoms with Crippen LogP contribution in [0.15, 0.2) is 41.3 Å². The van der Waals surface area contributed by atoms with Crippen molar-refractivity contribution in [2.75, 3.05) is 38.3 Å². The molecule has 0 bridgehead atoms. The Morgan fingerprint density at radius 2 is 1.87 bits per heavy atom. The van der Waals surface area contributed by atoms with Crippen LogP contribution in [0.1, 0.15) is 42.6 Å². The number of hydrogen-bond acceptors (Lipinski definition) is 8. The summed E-state index contributed by atoms with van der Waals surface area (Å²) in [5, 5.41) is 0.557. The van der Waals surface area contributed by atoms with E-state index in [9.17, 15) is 13.2 Å². The number of carbonyl (C=O) groups excluding carboxylic acids is 1. The third-order valence-corrected chi connectivity index (χ3v) is 9.98. The molecule has 2 saturated heterocycles. The smallest absolute Gasteiger partial charge is 0.260 e. The van der Waals surface area contributed by atoms with Crippen LogP contribution < -0.4 is 9.64 Å². The van der Waals surface area contributed by atoms with Gasteiger partial charge in [-0.15, -0.1) is 0 Å². The third kappa shape index (κ3) is 5.30. The van der Waals surface area contributed by atoms with Gasteiger partial charge in [0.2, 0.25) is 10.0 Å². The Morgan fingerprint density at radius 3 is 2.50 bits per heavy atom. The van der Waals surface area contributed by atoms with Crippen LogP contribution >= 0.6 is 11.3 Å². The van der Waals surface area contributed by atoms with Gasteiger partial charge in [-0.2, -0.15) is 4.31 Å². The van der Waals surface area contributed by atoms with Gasteiger partial charge < -0.3 is 14.2 Å². The van der Waals surface area contributed by atoms with Crippen LogP contribution in [-0.4, -0.2) is 75.3 Å². The van der Waals surface area contributed by atoms with Crippen LogP contribution in [0.2, 0.25) is 0 Å². The van der Waals surface area contributed by atoms with E-state index in [1.807, 2.05) is 32.9 Å². The highest BCUT2D eigenvalue weighted by Crippen LogP contribution is 2.37. The molecule has 9 nitrogen and oxygen atoms in total. The van der Waals surface area contributed by atoms with Crippen molar-refractivity contribution in [2.45, 2.75) is 56.8 Å². The molecule has 2 aliphatic rings. The van der Waals surface area contributed by atoms with Crippen molar-refractivity contribution in [3.8, 4) is 5.75 Å². The zero-order chi connectivity index (χ0) is 27.0. The number of morpholine rings is 1. The molecule has 3 aromatic rings. The molecule has 2 fully saturated rings. The van der Waals surface area contributed by atoms with Crippen molar-refractivity contribution in [1.82, 2.24) is 9.29 Å². The molecule has 3 heterocycles. The molecular weight excluding hydrogens is 526 g/mol. The van der Waals surface area contributed by atoms with Crippen LogP contribution in [0.25, 0.3) is 10.2 Å². The van der Waals surface area contributed by atoms with Gasteiger partial charge in [-0.1, -0.05) is 17.4 Å². The third-order valence-electron chi connectivity index (χ3n) is 6.92. The number of aryl methyl sites for hydroxylation is 1. The van der Waals surface area contributed by atoms with E-state index in [1.165, 1.54) is 27.8 Å². The summed E-state index contributed by atoms with van der Waals surface area (Å²) in [5.74, 6) is 0.396. The molecule has 38 heavy (non-hydrogen) atoms. The molecule has 3 unspecified atom stereocenters. The van der Waals surface area contributed by atoms with E-state index in [0.29, 0.717) is 48.2 Å². The zero-order valence-electron chi connectivity index (χ0n) is 22.0. The number of benzene rings is 2. The number of aromatic nitrogens is 1. The van der Waals surface area contributed by atoms with Gasteiger partial charge in [-0.25, -0.2) is 13.4 Å². The first-order valence-corrected chi connectivity index (χ1v) is 15.1. The summed E-state index contributed by atoms with van der Waals surface area (Å²) in [5.41, 5.74) is 2.15. The Morgan fingerprint density at radius 1 is 1.16 bits per heavy atom. The first-order valence-electron chi connectivity index (χ1n) is 12.8. The number of methoxy groups -OCH3 is 1. The van der Waals surface area contributed by atoms with Crippen molar-refractivity contribution in [1.29, 1.82) is 0 Å². The molecule has 204 valence electrons. The predicted octanol–water partition coefficient (Wildman–Crippen LogP) is 4.24. The second kappa shape index (κ2) is 10.9. The van der Waals surface area contributed by atoms with E-state index < -0.39 is 10.0 Å². The Bertz CT molecular complexity index is 1410. The first-order chi connectivity index (χ1) is 18.2. The number of ether oxygens (including phenoxy) is 3. The molecule has 0 aliphatic carbocycles. The van der Waals surface area contributed by atoms with Gasteiger partial charge >= 0.3 is 0 Å². The summed E-state index contributed by atoms with van der Waals surface area (Å²) >= 11 is 1.44. The van der Waals surface area contributed by atoms with Crippen LogP contribution in [0, 0.1) is 6.92 Å². The second-order valence-corrected chi connectivity index (χ2v) is 12.8. The van der Waals surface area contributed by atoms with Crippen molar-refractivity contribution in [2.24, 2.45) is 0 Å². The molecule has 5 rings (SSSR count). The molecule has 2 aromatic carbocycles. The van der Waals surface area contributed by atoms with E-state index >= 15 is 0 Å². The number of nitrogens with zero attached hydrogens (tertiary/aromatic N) is 3. The normalized spacial score (nSPS) is 22.6. The summed E-state index contributed by atoms with van der Waals surface area (Å²) in [6.45, 7) is 7.36. The van der Waals surface area contributed by atoms with Gasteiger partial charge in [-0.3, -0.25) is 9.69 Å². The minimum Gasteiger partial charge on any atom is -0.494 e. The fourth-order valence-electron chi connectivity index (χ4n) is 5.02. The summed E-state index contributed by atoms with van der Waals surface area (Å²) in [6.07, 6.45) is 1.36. The topological polar surface area (TPSA) is 98.3 Å². The number of sulfonamides is 1. The maximum Gasteiger partial charge on any atom is 0.260 e. The number of carbonyl (C=O) groups is 1. The van der Waals surface area contributed by atoms with E-state index in [0.717, 1.165) is 23.1 Å². The average Bonchev–Trinajstić information content (AvgIpc) is 3.57. The molecule has 3 atom stereocenters. The first kappa shape index (κ1) is 27.0. The highest BCUT2D eigenvalue weighted by Gasteiger charge is 2.33. The van der Waals surface area contributed by atoms with Crippen LogP contribution in [-0.2, 0) is 19.5 Å². The summed E-state index contributed by atoms with van der Waals surface area (Å²) in [4.78, 5) is 20.4. The number of rotatable bonds is 7. The lowest BCUT2D eigenvalue weighted by Crippen LogP contribution is -2.48. The minimum atomic E-state index is -3.71. The van der Waals surface area contributed by atoms with Gasteiger partial charge in [0, 0.05) is 25.3 Å². The Kier molecular flexibility index (Phi) is 7.74. The van der Waals surface area contributed by atoms with Crippen LogP contribution in [0.5, 0.6) is 5.75 Å². The molecule has 0 radical (unpaired) electrons. The zero-order valence-corrected chi connectivity index (χ0v) is 23.7. The lowest BCUT2D eigenvalue weighted by Gasteiger charge is -2.34. The molecule has 0 spiro atoms. The largest absolute Gasteiger partial charge is 0.494 e. The van der Waals surface area contributed by atoms with Gasteiger partial charge in [0.25, 0.3) is 5.91 Å². The molecule has 1 aromatic heterocycles. The molecule has 1 amide bonds.